The number of allylic oxidation sites excluding steroid dienone is 1. The second kappa shape index (κ2) is 3.62. The first kappa shape index (κ1) is 8.95. The summed E-state index contributed by atoms with van der Waals surface area (Å²) in [6.07, 6.45) is 8.03. The molecule has 1 aliphatic carbocycles. The monoisotopic (exact) mass is 193 g/mol. The molecule has 0 radical (unpaired) electrons. The molecular formula is C11H15NS. The molecule has 0 atom stereocenters. The predicted molar refractivity (Wildman–Crippen MR) is 57.9 cm³/mol. The van der Waals surface area contributed by atoms with Gasteiger partial charge in [-0.2, -0.15) is 0 Å². The summed E-state index contributed by atoms with van der Waals surface area (Å²) in [5, 5.41) is 0. The molecule has 0 aromatic carbocycles. The molecule has 70 valence electrons. The van der Waals surface area contributed by atoms with Crippen molar-refractivity contribution in [2.24, 2.45) is 5.92 Å². The van der Waals surface area contributed by atoms with Crippen LogP contribution in [0.2, 0.25) is 0 Å². The van der Waals surface area contributed by atoms with Gasteiger partial charge in [0.1, 0.15) is 0 Å². The standard InChI is InChI=1S/C11H15NS/c1-8(2)5-9-3-4-11-10(6-9)7-12-13-11/h6-8H,3-5H2,1-2H3. The van der Waals surface area contributed by atoms with Gasteiger partial charge in [0.2, 0.25) is 0 Å². The Morgan fingerprint density at radius 2 is 2.31 bits per heavy atom. The van der Waals surface area contributed by atoms with Crippen LogP contribution in [-0.2, 0) is 6.42 Å². The Balaban J connectivity index is 2.17. The summed E-state index contributed by atoms with van der Waals surface area (Å²) in [7, 11) is 0. The van der Waals surface area contributed by atoms with E-state index in [-0.39, 0.29) is 0 Å². The van der Waals surface area contributed by atoms with Crippen LogP contribution in [0.25, 0.3) is 6.08 Å². The molecule has 0 bridgehead atoms. The van der Waals surface area contributed by atoms with Gasteiger partial charge in [0, 0.05) is 16.6 Å². The number of aromatic nitrogens is 1. The second-order valence-corrected chi connectivity index (χ2v) is 4.99. The third-order valence-electron chi connectivity index (χ3n) is 2.38. The van der Waals surface area contributed by atoms with E-state index in [1.165, 1.54) is 29.7 Å². The summed E-state index contributed by atoms with van der Waals surface area (Å²) < 4.78 is 4.21. The molecule has 1 heterocycles. The lowest BCUT2D eigenvalue weighted by atomic mass is 9.93. The average molecular weight is 193 g/mol. The van der Waals surface area contributed by atoms with Gasteiger partial charge in [-0.25, -0.2) is 4.37 Å². The summed E-state index contributed by atoms with van der Waals surface area (Å²) in [4.78, 5) is 1.47. The molecule has 1 aromatic heterocycles. The first-order valence-electron chi connectivity index (χ1n) is 4.88. The molecule has 0 aliphatic heterocycles. The van der Waals surface area contributed by atoms with Gasteiger partial charge in [-0.05, 0) is 36.7 Å². The van der Waals surface area contributed by atoms with E-state index < -0.39 is 0 Å². The Bertz CT molecular complexity index is 323. The lowest BCUT2D eigenvalue weighted by molar-refractivity contribution is 0.625. The fourth-order valence-corrected chi connectivity index (χ4v) is 2.53. The molecule has 13 heavy (non-hydrogen) atoms. The van der Waals surface area contributed by atoms with Crippen molar-refractivity contribution < 1.29 is 0 Å². The largest absolute Gasteiger partial charge is 0.200 e. The molecule has 1 aromatic rings. The van der Waals surface area contributed by atoms with E-state index in [4.69, 9.17) is 0 Å². The maximum Gasteiger partial charge on any atom is 0.0482 e. The third-order valence-corrected chi connectivity index (χ3v) is 3.25. The van der Waals surface area contributed by atoms with Crippen LogP contribution >= 0.6 is 11.5 Å². The van der Waals surface area contributed by atoms with Crippen molar-refractivity contribution in [3.05, 3.63) is 22.2 Å². The normalized spacial score (nSPS) is 15.8. The summed E-state index contributed by atoms with van der Waals surface area (Å²) in [5.74, 6) is 0.777. The summed E-state index contributed by atoms with van der Waals surface area (Å²) >= 11 is 1.65. The van der Waals surface area contributed by atoms with Crippen molar-refractivity contribution in [3.8, 4) is 0 Å². The molecule has 0 N–H and O–H groups in total. The van der Waals surface area contributed by atoms with Gasteiger partial charge in [-0.15, -0.1) is 0 Å². The Hall–Kier alpha value is -0.630. The van der Waals surface area contributed by atoms with Crippen LogP contribution in [0.3, 0.4) is 0 Å². The topological polar surface area (TPSA) is 12.9 Å². The highest BCUT2D eigenvalue weighted by Gasteiger charge is 2.12. The molecule has 1 nitrogen and oxygen atoms in total. The molecule has 0 spiro atoms. The number of rotatable bonds is 2. The Morgan fingerprint density at radius 1 is 1.46 bits per heavy atom. The van der Waals surface area contributed by atoms with Crippen LogP contribution in [-0.4, -0.2) is 4.37 Å². The number of nitrogens with zero attached hydrogens (tertiary/aromatic N) is 1. The van der Waals surface area contributed by atoms with Crippen molar-refractivity contribution in [3.63, 3.8) is 0 Å². The fourth-order valence-electron chi connectivity index (χ4n) is 1.83. The lowest BCUT2D eigenvalue weighted by Crippen LogP contribution is -1.98. The quantitative estimate of drug-likeness (QED) is 0.700. The van der Waals surface area contributed by atoms with Gasteiger partial charge < -0.3 is 0 Å². The number of fused-ring (bicyclic) bond motifs is 1. The minimum absolute atomic E-state index is 0.777. The molecule has 0 fully saturated rings. The van der Waals surface area contributed by atoms with Gasteiger partial charge in [0.05, 0.1) is 0 Å². The Labute approximate surface area is 83.7 Å². The van der Waals surface area contributed by atoms with Crippen LogP contribution in [0.5, 0.6) is 0 Å². The van der Waals surface area contributed by atoms with Crippen molar-refractivity contribution in [1.82, 2.24) is 4.37 Å². The second-order valence-electron chi connectivity index (χ2n) is 4.10. The van der Waals surface area contributed by atoms with Gasteiger partial charge in [0.15, 0.2) is 0 Å². The fraction of sp³-hybridized carbons (Fsp3) is 0.545. The minimum Gasteiger partial charge on any atom is -0.200 e. The van der Waals surface area contributed by atoms with E-state index >= 15 is 0 Å². The van der Waals surface area contributed by atoms with Crippen molar-refractivity contribution in [2.45, 2.75) is 33.1 Å². The van der Waals surface area contributed by atoms with E-state index in [0.717, 1.165) is 5.92 Å². The molecule has 2 heteroatoms. The van der Waals surface area contributed by atoms with Crippen LogP contribution in [0, 0.1) is 5.92 Å². The van der Waals surface area contributed by atoms with Crippen molar-refractivity contribution >= 4 is 17.6 Å². The smallest absolute Gasteiger partial charge is 0.0482 e. The SMILES string of the molecule is CC(C)CC1=Cc2cnsc2CC1. The molecule has 1 aliphatic rings. The summed E-state index contributed by atoms with van der Waals surface area (Å²) in [5.41, 5.74) is 2.97. The zero-order valence-corrected chi connectivity index (χ0v) is 9.03. The van der Waals surface area contributed by atoms with Crippen LogP contribution in [0.15, 0.2) is 11.8 Å². The van der Waals surface area contributed by atoms with E-state index in [9.17, 15) is 0 Å². The number of aryl methyl sites for hydroxylation is 1. The molecule has 0 amide bonds. The van der Waals surface area contributed by atoms with Crippen LogP contribution < -0.4 is 0 Å². The third kappa shape index (κ3) is 1.99. The highest BCUT2D eigenvalue weighted by atomic mass is 32.1. The van der Waals surface area contributed by atoms with Gasteiger partial charge in [0.25, 0.3) is 0 Å². The molecule has 0 saturated carbocycles. The number of hydrogen-bond acceptors (Lipinski definition) is 2. The zero-order valence-electron chi connectivity index (χ0n) is 8.21. The highest BCUT2D eigenvalue weighted by molar-refractivity contribution is 7.06. The molecule has 2 rings (SSSR count). The maximum atomic E-state index is 4.21. The molecule has 0 saturated heterocycles. The van der Waals surface area contributed by atoms with Crippen LogP contribution in [0.4, 0.5) is 0 Å². The molecular weight excluding hydrogens is 178 g/mol. The van der Waals surface area contributed by atoms with Crippen molar-refractivity contribution in [1.29, 1.82) is 0 Å². The van der Waals surface area contributed by atoms with E-state index in [1.54, 1.807) is 17.1 Å². The zero-order chi connectivity index (χ0) is 9.26. The average Bonchev–Trinajstić information content (AvgIpc) is 2.49. The van der Waals surface area contributed by atoms with E-state index in [0.29, 0.717) is 0 Å². The predicted octanol–water partition coefficient (Wildman–Crippen LogP) is 3.52. The first-order valence-corrected chi connectivity index (χ1v) is 5.66. The van der Waals surface area contributed by atoms with Crippen molar-refractivity contribution in [2.75, 3.05) is 0 Å². The highest BCUT2D eigenvalue weighted by Crippen LogP contribution is 2.29. The minimum atomic E-state index is 0.777. The Morgan fingerprint density at radius 3 is 3.08 bits per heavy atom. The van der Waals surface area contributed by atoms with E-state index in [2.05, 4.69) is 24.3 Å². The van der Waals surface area contributed by atoms with Gasteiger partial charge in [-0.3, -0.25) is 0 Å². The molecule has 0 unspecified atom stereocenters. The van der Waals surface area contributed by atoms with E-state index in [1.807, 2.05) is 6.20 Å². The Kier molecular flexibility index (Phi) is 2.49. The van der Waals surface area contributed by atoms with Gasteiger partial charge in [-0.1, -0.05) is 25.5 Å². The van der Waals surface area contributed by atoms with Crippen LogP contribution in [0.1, 0.15) is 37.1 Å². The maximum absolute atomic E-state index is 4.21. The van der Waals surface area contributed by atoms with Gasteiger partial charge >= 0.3 is 0 Å². The lowest BCUT2D eigenvalue weighted by Gasteiger charge is -2.14. The summed E-state index contributed by atoms with van der Waals surface area (Å²) in [6, 6.07) is 0. The first-order chi connectivity index (χ1) is 6.25. The number of hydrogen-bond donors (Lipinski definition) is 0. The summed E-state index contributed by atoms with van der Waals surface area (Å²) in [6.45, 7) is 4.56.